The van der Waals surface area contributed by atoms with Crippen LogP contribution in [0.15, 0.2) is 36.5 Å². The summed E-state index contributed by atoms with van der Waals surface area (Å²) in [7, 11) is 0. The van der Waals surface area contributed by atoms with E-state index in [1.807, 2.05) is 26.0 Å². The number of nitrogen functional groups attached to an aromatic ring is 1. The number of fused-ring (bicyclic) bond motifs is 1. The van der Waals surface area contributed by atoms with Crippen molar-refractivity contribution in [3.8, 4) is 11.5 Å². The Morgan fingerprint density at radius 1 is 1.09 bits per heavy atom. The Balaban J connectivity index is 2.12. The van der Waals surface area contributed by atoms with Gasteiger partial charge in [-0.05, 0) is 43.2 Å². The van der Waals surface area contributed by atoms with Gasteiger partial charge in [-0.15, -0.1) is 0 Å². The molecular weight excluding hydrogens is 303 g/mol. The maximum atomic E-state index is 14.0. The minimum absolute atomic E-state index is 0.0323. The van der Waals surface area contributed by atoms with Crippen LogP contribution in [0.3, 0.4) is 0 Å². The van der Waals surface area contributed by atoms with Gasteiger partial charge in [0.1, 0.15) is 5.75 Å². The Hall–Kier alpha value is -2.33. The average Bonchev–Trinajstić information content (AvgIpc) is 2.46. The van der Waals surface area contributed by atoms with Crippen molar-refractivity contribution in [1.82, 2.24) is 4.98 Å². The summed E-state index contributed by atoms with van der Waals surface area (Å²) in [6, 6.07) is 8.17. The molecule has 3 rings (SSSR count). The van der Waals surface area contributed by atoms with Gasteiger partial charge in [-0.2, -0.15) is 0 Å². The molecule has 0 amide bonds. The molecule has 0 saturated heterocycles. The predicted octanol–water partition coefficient (Wildman–Crippen LogP) is 5.02. The topological polar surface area (TPSA) is 48.1 Å². The normalized spacial score (nSPS) is 10.9. The molecule has 3 nitrogen and oxygen atoms in total. The third kappa shape index (κ3) is 2.57. The quantitative estimate of drug-likeness (QED) is 0.675. The molecule has 112 valence electrons. The second-order valence-electron chi connectivity index (χ2n) is 5.17. The van der Waals surface area contributed by atoms with E-state index in [-0.39, 0.29) is 16.5 Å². The zero-order chi connectivity index (χ0) is 15.9. The van der Waals surface area contributed by atoms with Crippen molar-refractivity contribution in [2.75, 3.05) is 5.73 Å². The second-order valence-corrected chi connectivity index (χ2v) is 5.58. The van der Waals surface area contributed by atoms with Gasteiger partial charge in [-0.25, -0.2) is 4.39 Å². The standard InChI is InChI=1S/C17H14ClFN2O/c1-9-5-11-15(6-10(9)2)21-4-3-16(11)22-17-7-12(18)14(20)8-13(17)19/h3-8H,20H2,1-2H3. The number of halogens is 2. The first-order valence-electron chi connectivity index (χ1n) is 6.74. The molecule has 0 atom stereocenters. The van der Waals surface area contributed by atoms with Gasteiger partial charge in [-0.1, -0.05) is 11.6 Å². The highest BCUT2D eigenvalue weighted by Gasteiger charge is 2.12. The molecule has 0 aliphatic carbocycles. The van der Waals surface area contributed by atoms with Crippen molar-refractivity contribution in [1.29, 1.82) is 0 Å². The summed E-state index contributed by atoms with van der Waals surface area (Å²) in [4.78, 5) is 4.32. The maximum Gasteiger partial charge on any atom is 0.167 e. The van der Waals surface area contributed by atoms with Gasteiger partial charge in [-0.3, -0.25) is 4.98 Å². The number of rotatable bonds is 2. The van der Waals surface area contributed by atoms with Crippen LogP contribution >= 0.6 is 11.6 Å². The first kappa shape index (κ1) is 14.6. The minimum atomic E-state index is -0.560. The molecule has 0 saturated carbocycles. The highest BCUT2D eigenvalue weighted by atomic mass is 35.5. The van der Waals surface area contributed by atoms with Crippen LogP contribution in [0.2, 0.25) is 5.02 Å². The molecule has 2 N–H and O–H groups in total. The number of hydrogen-bond donors (Lipinski definition) is 1. The van der Waals surface area contributed by atoms with Crippen molar-refractivity contribution in [3.63, 3.8) is 0 Å². The number of nitrogens with two attached hydrogens (primary N) is 1. The second kappa shape index (κ2) is 5.46. The van der Waals surface area contributed by atoms with E-state index in [9.17, 15) is 4.39 Å². The monoisotopic (exact) mass is 316 g/mol. The van der Waals surface area contributed by atoms with Crippen molar-refractivity contribution < 1.29 is 9.13 Å². The lowest BCUT2D eigenvalue weighted by Gasteiger charge is -2.12. The predicted molar refractivity (Wildman–Crippen MR) is 87.1 cm³/mol. The fourth-order valence-corrected chi connectivity index (χ4v) is 2.36. The van der Waals surface area contributed by atoms with E-state index in [1.165, 1.54) is 6.07 Å². The summed E-state index contributed by atoms with van der Waals surface area (Å²) in [5.41, 5.74) is 8.79. The number of anilines is 1. The number of hydrogen-bond acceptors (Lipinski definition) is 3. The number of benzene rings is 2. The summed E-state index contributed by atoms with van der Waals surface area (Å²) in [6.07, 6.45) is 1.63. The third-order valence-corrected chi connectivity index (χ3v) is 3.92. The van der Waals surface area contributed by atoms with E-state index in [0.717, 1.165) is 28.1 Å². The van der Waals surface area contributed by atoms with Crippen molar-refractivity contribution >= 4 is 28.2 Å². The van der Waals surface area contributed by atoms with Crippen LogP contribution in [0.25, 0.3) is 10.9 Å². The number of aryl methyl sites for hydroxylation is 2. The van der Waals surface area contributed by atoms with Crippen LogP contribution in [0.4, 0.5) is 10.1 Å². The van der Waals surface area contributed by atoms with Crippen molar-refractivity contribution in [2.45, 2.75) is 13.8 Å². The number of nitrogens with zero attached hydrogens (tertiary/aromatic N) is 1. The van der Waals surface area contributed by atoms with Crippen LogP contribution in [0.1, 0.15) is 11.1 Å². The lowest BCUT2D eigenvalue weighted by Crippen LogP contribution is -1.94. The van der Waals surface area contributed by atoms with Gasteiger partial charge in [0.25, 0.3) is 0 Å². The minimum Gasteiger partial charge on any atom is -0.453 e. The van der Waals surface area contributed by atoms with Gasteiger partial charge < -0.3 is 10.5 Å². The van der Waals surface area contributed by atoms with Crippen LogP contribution in [0, 0.1) is 19.7 Å². The Labute approximate surface area is 132 Å². The fraction of sp³-hybridized carbons (Fsp3) is 0.118. The summed E-state index contributed by atoms with van der Waals surface area (Å²) in [5.74, 6) is -0.00605. The van der Waals surface area contributed by atoms with E-state index in [1.54, 1.807) is 12.3 Å². The molecule has 2 aromatic carbocycles. The first-order valence-corrected chi connectivity index (χ1v) is 7.12. The van der Waals surface area contributed by atoms with E-state index in [2.05, 4.69) is 4.98 Å². The van der Waals surface area contributed by atoms with Crippen LogP contribution < -0.4 is 10.5 Å². The Morgan fingerprint density at radius 3 is 2.59 bits per heavy atom. The van der Waals surface area contributed by atoms with Crippen molar-refractivity contribution in [3.05, 3.63) is 58.5 Å². The number of ether oxygens (including phenoxy) is 1. The first-order chi connectivity index (χ1) is 10.5. The Morgan fingerprint density at radius 2 is 1.82 bits per heavy atom. The molecule has 0 fully saturated rings. The molecule has 22 heavy (non-hydrogen) atoms. The molecule has 0 bridgehead atoms. The average molecular weight is 317 g/mol. The molecular formula is C17H14ClFN2O. The number of aromatic nitrogens is 1. The van der Waals surface area contributed by atoms with Gasteiger partial charge in [0.05, 0.1) is 16.2 Å². The zero-order valence-electron chi connectivity index (χ0n) is 12.2. The molecule has 5 heteroatoms. The Bertz CT molecular complexity index is 880. The van der Waals surface area contributed by atoms with E-state index in [0.29, 0.717) is 5.75 Å². The van der Waals surface area contributed by atoms with Gasteiger partial charge in [0.15, 0.2) is 11.6 Å². The molecule has 1 heterocycles. The third-order valence-electron chi connectivity index (χ3n) is 3.59. The smallest absolute Gasteiger partial charge is 0.167 e. The molecule has 0 unspecified atom stereocenters. The SMILES string of the molecule is Cc1cc2nccc(Oc3cc(Cl)c(N)cc3F)c2cc1C. The van der Waals surface area contributed by atoms with E-state index < -0.39 is 5.82 Å². The summed E-state index contributed by atoms with van der Waals surface area (Å²) in [6.45, 7) is 4.02. The summed E-state index contributed by atoms with van der Waals surface area (Å²) >= 11 is 5.93. The largest absolute Gasteiger partial charge is 0.453 e. The van der Waals surface area contributed by atoms with Crippen molar-refractivity contribution in [2.24, 2.45) is 0 Å². The van der Waals surface area contributed by atoms with Crippen LogP contribution in [0.5, 0.6) is 11.5 Å². The van der Waals surface area contributed by atoms with Crippen LogP contribution in [-0.2, 0) is 0 Å². The molecule has 0 aliphatic rings. The highest BCUT2D eigenvalue weighted by molar-refractivity contribution is 6.33. The molecule has 1 aromatic heterocycles. The van der Waals surface area contributed by atoms with E-state index in [4.69, 9.17) is 22.1 Å². The maximum absolute atomic E-state index is 14.0. The molecule has 0 aliphatic heterocycles. The molecule has 3 aromatic rings. The highest BCUT2D eigenvalue weighted by Crippen LogP contribution is 2.34. The lowest BCUT2D eigenvalue weighted by atomic mass is 10.1. The van der Waals surface area contributed by atoms with Crippen LogP contribution in [-0.4, -0.2) is 4.98 Å². The number of pyridine rings is 1. The Kier molecular flexibility index (Phi) is 3.62. The summed E-state index contributed by atoms with van der Waals surface area (Å²) in [5, 5.41) is 1.07. The lowest BCUT2D eigenvalue weighted by molar-refractivity contribution is 0.446. The molecule has 0 radical (unpaired) electrons. The zero-order valence-corrected chi connectivity index (χ0v) is 12.9. The fourth-order valence-electron chi connectivity index (χ4n) is 2.21. The van der Waals surface area contributed by atoms with Gasteiger partial charge in [0.2, 0.25) is 0 Å². The van der Waals surface area contributed by atoms with E-state index >= 15 is 0 Å². The van der Waals surface area contributed by atoms with Gasteiger partial charge >= 0.3 is 0 Å². The molecule has 0 spiro atoms. The summed E-state index contributed by atoms with van der Waals surface area (Å²) < 4.78 is 19.7. The van der Waals surface area contributed by atoms with Gasteiger partial charge in [0, 0.05) is 23.7 Å².